The summed E-state index contributed by atoms with van der Waals surface area (Å²) in [5.74, 6) is -1.51. The average Bonchev–Trinajstić information content (AvgIpc) is 3.13. The van der Waals surface area contributed by atoms with Gasteiger partial charge in [0.05, 0.1) is 24.9 Å². The molecule has 1 aliphatic heterocycles. The number of hydrogen-bond acceptors (Lipinski definition) is 9. The maximum Gasteiger partial charge on any atom is 0.343 e. The fraction of sp³-hybridized carbons (Fsp3) is 0.440. The highest BCUT2D eigenvalue weighted by atomic mass is 32.2. The number of carbonyl (C=O) groups excluding carboxylic acids is 2. The van der Waals surface area contributed by atoms with Gasteiger partial charge in [0.15, 0.2) is 12.3 Å². The van der Waals surface area contributed by atoms with Gasteiger partial charge in [-0.2, -0.15) is 0 Å². The molecule has 2 aromatic rings. The highest BCUT2D eigenvalue weighted by molar-refractivity contribution is 8.05. The first kappa shape index (κ1) is 28.3. The van der Waals surface area contributed by atoms with E-state index in [1.165, 1.54) is 23.9 Å². The molecule has 36 heavy (non-hydrogen) atoms. The molecule has 0 aromatic heterocycles. The first-order valence-corrected chi connectivity index (χ1v) is 14.1. The quantitative estimate of drug-likeness (QED) is 0.193. The highest BCUT2D eigenvalue weighted by Gasteiger charge is 2.52. The largest absolute Gasteiger partial charge is 0.449 e. The van der Waals surface area contributed by atoms with Crippen LogP contribution in [0.4, 0.5) is 4.39 Å². The molecule has 196 valence electrons. The minimum atomic E-state index is -3.72. The van der Waals surface area contributed by atoms with E-state index in [2.05, 4.69) is 0 Å². The molecule has 0 saturated carbocycles. The summed E-state index contributed by atoms with van der Waals surface area (Å²) in [6.45, 7) is 4.78. The highest BCUT2D eigenvalue weighted by Crippen LogP contribution is 2.60. The molecule has 1 aliphatic rings. The van der Waals surface area contributed by atoms with Gasteiger partial charge in [-0.3, -0.25) is 9.36 Å². The van der Waals surface area contributed by atoms with Gasteiger partial charge in [0, 0.05) is 18.2 Å². The lowest BCUT2D eigenvalue weighted by molar-refractivity contribution is -0.186. The molecule has 11 heteroatoms. The van der Waals surface area contributed by atoms with Gasteiger partial charge in [-0.05, 0) is 38.1 Å². The third-order valence-corrected chi connectivity index (χ3v) is 9.45. The lowest BCUT2D eigenvalue weighted by atomic mass is 10.1. The summed E-state index contributed by atoms with van der Waals surface area (Å²) in [4.78, 5) is 24.2. The van der Waals surface area contributed by atoms with Crippen molar-refractivity contribution in [2.45, 2.75) is 61.7 Å². The van der Waals surface area contributed by atoms with Crippen LogP contribution < -0.4 is 0 Å². The minimum absolute atomic E-state index is 0.116. The molecule has 8 nitrogen and oxygen atoms in total. The number of ether oxygens (including phenoxy) is 3. The molecule has 1 fully saturated rings. The predicted octanol–water partition coefficient (Wildman–Crippen LogP) is 5.61. The number of esters is 2. The molecule has 0 radical (unpaired) electrons. The van der Waals surface area contributed by atoms with E-state index >= 15 is 4.39 Å². The summed E-state index contributed by atoms with van der Waals surface area (Å²) in [6.07, 6.45) is -6.16. The van der Waals surface area contributed by atoms with Crippen LogP contribution in [-0.4, -0.2) is 54.8 Å². The second-order valence-electron chi connectivity index (χ2n) is 7.83. The van der Waals surface area contributed by atoms with Crippen molar-refractivity contribution in [3.63, 3.8) is 0 Å². The third-order valence-electron chi connectivity index (χ3n) is 5.20. The maximum atomic E-state index is 15.7. The number of halogens is 1. The van der Waals surface area contributed by atoms with Crippen LogP contribution in [0.5, 0.6) is 0 Å². The lowest BCUT2D eigenvalue weighted by Crippen LogP contribution is -2.37. The Morgan fingerprint density at radius 3 is 2.14 bits per heavy atom. The van der Waals surface area contributed by atoms with Crippen molar-refractivity contribution in [3.05, 3.63) is 66.2 Å². The van der Waals surface area contributed by atoms with Crippen molar-refractivity contribution in [1.82, 2.24) is 0 Å². The van der Waals surface area contributed by atoms with Gasteiger partial charge in [-0.25, -0.2) is 9.18 Å². The summed E-state index contributed by atoms with van der Waals surface area (Å²) in [5.41, 5.74) is 0.212. The summed E-state index contributed by atoms with van der Waals surface area (Å²) in [6, 6.07) is 17.2. The summed E-state index contributed by atoms with van der Waals surface area (Å²) >= 11 is 1.22. The molecule has 0 amide bonds. The van der Waals surface area contributed by atoms with Gasteiger partial charge >= 0.3 is 19.5 Å². The minimum Gasteiger partial charge on any atom is -0.449 e. The van der Waals surface area contributed by atoms with Gasteiger partial charge in [-0.1, -0.05) is 36.4 Å². The Balaban J connectivity index is 1.85. The zero-order chi connectivity index (χ0) is 26.1. The number of thioether (sulfide) groups is 1. The van der Waals surface area contributed by atoms with Gasteiger partial charge in [0.2, 0.25) is 6.29 Å². The molecule has 5 unspecified atom stereocenters. The molecule has 5 atom stereocenters. The average molecular weight is 541 g/mol. The summed E-state index contributed by atoms with van der Waals surface area (Å²) in [5, 5.41) is 0. The Bertz CT molecular complexity index is 1030. The van der Waals surface area contributed by atoms with Crippen LogP contribution in [0.15, 0.2) is 65.6 Å². The Kier molecular flexibility index (Phi) is 10.5. The monoisotopic (exact) mass is 540 g/mol. The van der Waals surface area contributed by atoms with Crippen LogP contribution in [0.3, 0.4) is 0 Å². The van der Waals surface area contributed by atoms with Crippen molar-refractivity contribution in [2.75, 3.05) is 13.2 Å². The van der Waals surface area contributed by atoms with Gasteiger partial charge in [-0.15, -0.1) is 11.8 Å². The first-order valence-electron chi connectivity index (χ1n) is 11.6. The molecule has 0 bridgehead atoms. The Morgan fingerprint density at radius 2 is 1.58 bits per heavy atom. The van der Waals surface area contributed by atoms with Gasteiger partial charge in [0.1, 0.15) is 4.99 Å². The molecule has 0 N–H and O–H groups in total. The van der Waals surface area contributed by atoms with Gasteiger partial charge in [0.25, 0.3) is 0 Å². The van der Waals surface area contributed by atoms with Crippen molar-refractivity contribution in [2.24, 2.45) is 0 Å². The Labute approximate surface area is 214 Å². The number of alkyl halides is 1. The number of rotatable bonds is 12. The number of hydrogen-bond donors (Lipinski definition) is 0. The van der Waals surface area contributed by atoms with E-state index in [0.29, 0.717) is 0 Å². The molecule has 0 spiro atoms. The van der Waals surface area contributed by atoms with Crippen LogP contribution >= 0.6 is 19.4 Å². The maximum absolute atomic E-state index is 15.7. The van der Waals surface area contributed by atoms with E-state index in [1.807, 2.05) is 30.3 Å². The zero-order valence-corrected chi connectivity index (χ0v) is 22.0. The van der Waals surface area contributed by atoms with E-state index < -0.39 is 49.2 Å². The third kappa shape index (κ3) is 7.40. The van der Waals surface area contributed by atoms with E-state index in [-0.39, 0.29) is 25.2 Å². The van der Waals surface area contributed by atoms with Crippen LogP contribution in [0, 0.1) is 0 Å². The molecule has 1 saturated heterocycles. The fourth-order valence-electron chi connectivity index (χ4n) is 3.68. The van der Waals surface area contributed by atoms with Crippen molar-refractivity contribution in [1.29, 1.82) is 0 Å². The second-order valence-corrected chi connectivity index (χ2v) is 11.7. The van der Waals surface area contributed by atoms with Crippen LogP contribution in [-0.2, 0) is 32.6 Å². The molecule has 3 rings (SSSR count). The lowest BCUT2D eigenvalue weighted by Gasteiger charge is -2.28. The van der Waals surface area contributed by atoms with E-state index in [4.69, 9.17) is 23.3 Å². The van der Waals surface area contributed by atoms with Gasteiger partial charge < -0.3 is 23.3 Å². The number of benzene rings is 2. The smallest absolute Gasteiger partial charge is 0.343 e. The van der Waals surface area contributed by atoms with Crippen molar-refractivity contribution in [3.8, 4) is 0 Å². The normalized spacial score (nSPS) is 22.7. The SMILES string of the molecule is CCOP(=O)(OCC)C(CC1OC(OC(C)=O)C(OC(=O)c2ccccc2)C1F)Sc1ccccc1. The summed E-state index contributed by atoms with van der Waals surface area (Å²) in [7, 11) is -3.72. The first-order chi connectivity index (χ1) is 17.3. The van der Waals surface area contributed by atoms with E-state index in [1.54, 1.807) is 32.0 Å². The fourth-order valence-corrected chi connectivity index (χ4v) is 7.43. The van der Waals surface area contributed by atoms with Crippen LogP contribution in [0.1, 0.15) is 37.6 Å². The van der Waals surface area contributed by atoms with Crippen LogP contribution in [0.25, 0.3) is 0 Å². The van der Waals surface area contributed by atoms with E-state index in [0.717, 1.165) is 11.8 Å². The Morgan fingerprint density at radius 1 is 1.00 bits per heavy atom. The molecular weight excluding hydrogens is 510 g/mol. The zero-order valence-electron chi connectivity index (χ0n) is 20.3. The number of carbonyl (C=O) groups is 2. The topological polar surface area (TPSA) is 97.4 Å². The predicted molar refractivity (Wildman–Crippen MR) is 133 cm³/mol. The van der Waals surface area contributed by atoms with Crippen molar-refractivity contribution < 1.29 is 41.8 Å². The summed E-state index contributed by atoms with van der Waals surface area (Å²) < 4.78 is 56.7. The Hall–Kier alpha value is -2.23. The van der Waals surface area contributed by atoms with Crippen LogP contribution in [0.2, 0.25) is 0 Å². The van der Waals surface area contributed by atoms with E-state index in [9.17, 15) is 14.2 Å². The van der Waals surface area contributed by atoms with Crippen molar-refractivity contribution >= 4 is 31.3 Å². The standard InChI is InChI=1S/C25H30FO8PS/c1-4-30-35(29,31-5-2)21(36-19-14-10-7-11-15-19)16-20-22(26)23(25(33-20)32-17(3)27)34-24(28)18-12-8-6-9-13-18/h6-15,20-23,25H,4-5,16H2,1-3H3. The molecular formula is C25H30FO8PS. The molecule has 0 aliphatic carbocycles. The molecule has 2 aromatic carbocycles. The second kappa shape index (κ2) is 13.4. The molecule has 1 heterocycles.